The summed E-state index contributed by atoms with van der Waals surface area (Å²) in [5.41, 5.74) is 0.750. The van der Waals surface area contributed by atoms with E-state index >= 15 is 0 Å². The molecule has 372 valence electrons. The zero-order valence-electron chi connectivity index (χ0n) is 38.6. The molecule has 20 heteroatoms. The van der Waals surface area contributed by atoms with Gasteiger partial charge in [0.25, 0.3) is 11.8 Å². The van der Waals surface area contributed by atoms with E-state index in [0.29, 0.717) is 70.0 Å². The van der Waals surface area contributed by atoms with Gasteiger partial charge in [0.2, 0.25) is 11.8 Å². The number of phenols is 2. The van der Waals surface area contributed by atoms with Gasteiger partial charge < -0.3 is 54.0 Å². The Kier molecular flexibility index (Phi) is 20.1. The largest absolute Gasteiger partial charge is 0.504 e. The van der Waals surface area contributed by atoms with Crippen molar-refractivity contribution in [2.24, 2.45) is 0 Å². The summed E-state index contributed by atoms with van der Waals surface area (Å²) < 4.78 is 77.9. The lowest BCUT2D eigenvalue weighted by Crippen LogP contribution is -2.56. The second-order valence-corrected chi connectivity index (χ2v) is 16.0. The van der Waals surface area contributed by atoms with Crippen LogP contribution >= 0.6 is 0 Å². The Morgan fingerprint density at radius 2 is 1.12 bits per heavy atom. The Bertz CT molecular complexity index is 2410. The molecule has 0 aliphatic carbocycles. The fourth-order valence-electron chi connectivity index (χ4n) is 7.43. The van der Waals surface area contributed by atoms with Gasteiger partial charge in [-0.3, -0.25) is 24.1 Å². The minimum atomic E-state index is -0.846. The minimum Gasteiger partial charge on any atom is -0.504 e. The van der Waals surface area contributed by atoms with Crippen molar-refractivity contribution in [3.05, 3.63) is 106 Å². The Balaban J connectivity index is 0.000000226. The maximum atomic E-state index is 14.7. The van der Waals surface area contributed by atoms with Gasteiger partial charge in [-0.25, -0.2) is 17.6 Å². The zero-order chi connectivity index (χ0) is 50.0. The van der Waals surface area contributed by atoms with Crippen LogP contribution in [-0.2, 0) is 36.7 Å². The highest BCUT2D eigenvalue weighted by Crippen LogP contribution is 2.36. The number of nitrogens with zero attached hydrogens (tertiary/aromatic N) is 4. The first kappa shape index (κ1) is 53.2. The highest BCUT2D eigenvalue weighted by Gasteiger charge is 2.30. The number of halogens is 4. The standard InChI is InChI=1S/C24H27F2N3O5.C19H18F2N2O4.C5H10O.CH2O/c1-2-16-12-20(30)22(13-18(16)25)34-21-4-3-17(11-19(21)26)24(32)28-5-6-29(23(31)14-28)15-27-7-9-33-10-8-27;1-2-11-8-15(24)17(9-13(11)20)27-16-4-3-12(7-14(16)21)19(26)23-6-5-22-18(25)10-23;1-2-4-6-5-3-1;1-2/h3-4,11-13,30H,2,5-10,14-15H2,1H3;3-4,7-9,24H,2,5-6,10H2,1H3,(H,22,25);1-5H2;1H2. The van der Waals surface area contributed by atoms with E-state index in [0.717, 1.165) is 50.6 Å². The topological polar surface area (TPSA) is 188 Å². The summed E-state index contributed by atoms with van der Waals surface area (Å²) in [4.78, 5) is 63.8. The minimum absolute atomic E-state index is 0.0614. The molecule has 0 spiro atoms. The molecule has 4 aromatic carbocycles. The highest BCUT2D eigenvalue weighted by atomic mass is 19.1. The summed E-state index contributed by atoms with van der Waals surface area (Å²) in [6, 6.07) is 11.6. The lowest BCUT2D eigenvalue weighted by atomic mass is 10.1. The molecule has 69 heavy (non-hydrogen) atoms. The highest BCUT2D eigenvalue weighted by molar-refractivity contribution is 5.98. The van der Waals surface area contributed by atoms with E-state index in [9.17, 15) is 47.0 Å². The van der Waals surface area contributed by atoms with E-state index in [-0.39, 0.29) is 70.5 Å². The van der Waals surface area contributed by atoms with Crippen LogP contribution in [-0.4, -0.2) is 146 Å². The quantitative estimate of drug-likeness (QED) is 0.153. The molecule has 0 aromatic heterocycles. The molecular formula is C49H57F4N5O11. The molecule has 4 aliphatic rings. The maximum absolute atomic E-state index is 14.7. The lowest BCUT2D eigenvalue weighted by Gasteiger charge is -2.38. The van der Waals surface area contributed by atoms with Gasteiger partial charge in [0.1, 0.15) is 25.0 Å². The van der Waals surface area contributed by atoms with E-state index in [4.69, 9.17) is 23.7 Å². The second kappa shape index (κ2) is 26.1. The van der Waals surface area contributed by atoms with Gasteiger partial charge in [-0.2, -0.15) is 0 Å². The molecule has 4 fully saturated rings. The van der Waals surface area contributed by atoms with Crippen LogP contribution in [0.4, 0.5) is 17.6 Å². The first-order chi connectivity index (χ1) is 33.2. The van der Waals surface area contributed by atoms with E-state index in [1.54, 1.807) is 18.7 Å². The first-order valence-electron chi connectivity index (χ1n) is 22.5. The van der Waals surface area contributed by atoms with Gasteiger partial charge in [0, 0.05) is 75.7 Å². The van der Waals surface area contributed by atoms with Crippen LogP contribution in [0, 0.1) is 23.3 Å². The van der Waals surface area contributed by atoms with E-state index in [1.807, 2.05) is 6.79 Å². The van der Waals surface area contributed by atoms with Gasteiger partial charge in [0.15, 0.2) is 46.1 Å². The van der Waals surface area contributed by atoms with Crippen molar-refractivity contribution in [3.63, 3.8) is 0 Å². The average Bonchev–Trinajstić information content (AvgIpc) is 3.36. The molecule has 4 saturated heterocycles. The summed E-state index contributed by atoms with van der Waals surface area (Å²) in [7, 11) is 0. The number of benzene rings is 4. The average molecular weight is 968 g/mol. The summed E-state index contributed by atoms with van der Waals surface area (Å²) >= 11 is 0. The predicted octanol–water partition coefficient (Wildman–Crippen LogP) is 6.20. The van der Waals surface area contributed by atoms with E-state index in [1.165, 1.54) is 65.5 Å². The van der Waals surface area contributed by atoms with Crippen LogP contribution in [0.2, 0.25) is 0 Å². The van der Waals surface area contributed by atoms with Crippen molar-refractivity contribution < 1.29 is 70.7 Å². The number of hydrogen-bond acceptors (Lipinski definition) is 12. The summed E-state index contributed by atoms with van der Waals surface area (Å²) in [5.74, 6) is -5.82. The number of amides is 4. The van der Waals surface area contributed by atoms with Gasteiger partial charge >= 0.3 is 0 Å². The number of carbonyl (C=O) groups is 5. The molecule has 8 rings (SSSR count). The Hall–Kier alpha value is -6.77. The predicted molar refractivity (Wildman–Crippen MR) is 243 cm³/mol. The molecular weight excluding hydrogens is 911 g/mol. The number of hydrogen-bond donors (Lipinski definition) is 3. The normalized spacial score (nSPS) is 16.1. The lowest BCUT2D eigenvalue weighted by molar-refractivity contribution is -0.138. The zero-order valence-corrected chi connectivity index (χ0v) is 38.6. The molecule has 4 aliphatic heterocycles. The van der Waals surface area contributed by atoms with E-state index in [2.05, 4.69) is 10.2 Å². The number of phenolic OH excluding ortho intramolecular Hbond substituents is 2. The number of ether oxygens (including phenoxy) is 4. The van der Waals surface area contributed by atoms with Crippen LogP contribution < -0.4 is 14.8 Å². The fourth-order valence-corrected chi connectivity index (χ4v) is 7.43. The molecule has 0 bridgehead atoms. The second-order valence-electron chi connectivity index (χ2n) is 16.0. The molecule has 4 amide bonds. The number of carbonyl (C=O) groups excluding carboxylic acids is 5. The SMILES string of the molecule is C1CCOCC1.C=O.CCc1cc(O)c(Oc2ccc(C(=O)N3CCN(CN4CCOCC4)C(=O)C3)cc2F)cc1F.CCc1cc(O)c(Oc2ccc(C(=O)N3CCNC(=O)C3)cc2F)cc1F. The van der Waals surface area contributed by atoms with Crippen molar-refractivity contribution >= 4 is 30.4 Å². The molecule has 4 aromatic rings. The van der Waals surface area contributed by atoms with Crippen molar-refractivity contribution in [3.8, 4) is 34.5 Å². The number of nitrogens with one attached hydrogen (secondary N) is 1. The van der Waals surface area contributed by atoms with Crippen molar-refractivity contribution in [1.29, 1.82) is 0 Å². The van der Waals surface area contributed by atoms with Crippen molar-refractivity contribution in [1.82, 2.24) is 24.9 Å². The van der Waals surface area contributed by atoms with E-state index < -0.39 is 35.1 Å². The Morgan fingerprint density at radius 3 is 1.54 bits per heavy atom. The summed E-state index contributed by atoms with van der Waals surface area (Å²) in [5, 5.41) is 22.6. The summed E-state index contributed by atoms with van der Waals surface area (Å²) in [6.45, 7) is 12.0. The van der Waals surface area contributed by atoms with Gasteiger partial charge in [-0.1, -0.05) is 13.8 Å². The number of piperazine rings is 2. The third kappa shape index (κ3) is 14.9. The number of aromatic hydroxyl groups is 2. The molecule has 16 nitrogen and oxygen atoms in total. The van der Waals surface area contributed by atoms with Crippen LogP contribution in [0.3, 0.4) is 0 Å². The third-order valence-corrected chi connectivity index (χ3v) is 11.3. The Morgan fingerprint density at radius 1 is 0.623 bits per heavy atom. The maximum Gasteiger partial charge on any atom is 0.254 e. The van der Waals surface area contributed by atoms with Gasteiger partial charge in [-0.15, -0.1) is 0 Å². The smallest absolute Gasteiger partial charge is 0.254 e. The van der Waals surface area contributed by atoms with Crippen molar-refractivity contribution in [2.75, 3.05) is 85.5 Å². The fraction of sp³-hybridized carbons (Fsp3) is 0.408. The number of morpholine rings is 1. The van der Waals surface area contributed by atoms with Crippen LogP contribution in [0.1, 0.15) is 65.0 Å². The molecule has 0 radical (unpaired) electrons. The van der Waals surface area contributed by atoms with Crippen molar-refractivity contribution in [2.45, 2.75) is 46.0 Å². The van der Waals surface area contributed by atoms with Gasteiger partial charge in [0.05, 0.1) is 26.4 Å². The molecule has 0 saturated carbocycles. The number of rotatable bonds is 10. The first-order valence-corrected chi connectivity index (χ1v) is 22.5. The van der Waals surface area contributed by atoms with Crippen LogP contribution in [0.5, 0.6) is 34.5 Å². The third-order valence-electron chi connectivity index (χ3n) is 11.3. The summed E-state index contributed by atoms with van der Waals surface area (Å²) in [6.07, 6.45) is 4.70. The molecule has 4 heterocycles. The molecule has 3 N–H and O–H groups in total. The van der Waals surface area contributed by atoms with Crippen LogP contribution in [0.25, 0.3) is 0 Å². The Labute approximate surface area is 397 Å². The molecule has 0 unspecified atom stereocenters. The van der Waals surface area contributed by atoms with Crippen LogP contribution in [0.15, 0.2) is 60.7 Å². The number of aryl methyl sites for hydroxylation is 2. The van der Waals surface area contributed by atoms with Gasteiger partial charge in [-0.05, 0) is 91.8 Å². The molecule has 0 atom stereocenters. The monoisotopic (exact) mass is 967 g/mol.